The van der Waals surface area contributed by atoms with E-state index >= 15 is 0 Å². The Balaban J connectivity index is 0.000000791. The van der Waals surface area contributed by atoms with Crippen LogP contribution in [0.4, 0.5) is 10.2 Å². The van der Waals surface area contributed by atoms with Gasteiger partial charge in [-0.15, -0.1) is 0 Å². The van der Waals surface area contributed by atoms with Crippen LogP contribution in [0, 0.1) is 5.41 Å². The van der Waals surface area contributed by atoms with E-state index in [0.29, 0.717) is 11.6 Å². The Morgan fingerprint density at radius 3 is 2.65 bits per heavy atom. The van der Waals surface area contributed by atoms with Gasteiger partial charge in [0.15, 0.2) is 5.82 Å². The van der Waals surface area contributed by atoms with Crippen LogP contribution in [0.25, 0.3) is 22.2 Å². The molecule has 2 heterocycles. The molecule has 0 aliphatic carbocycles. The Kier molecular flexibility index (Phi) is 9.09. The summed E-state index contributed by atoms with van der Waals surface area (Å²) >= 11 is 0. The maximum Gasteiger partial charge on any atom is 0.153 e. The summed E-state index contributed by atoms with van der Waals surface area (Å²) in [6, 6.07) is 11.4. The van der Waals surface area contributed by atoms with Crippen LogP contribution in [0.1, 0.15) is 13.8 Å². The van der Waals surface area contributed by atoms with E-state index in [9.17, 15) is 4.39 Å². The molecule has 3 aromatic rings. The van der Waals surface area contributed by atoms with Gasteiger partial charge in [-0.1, -0.05) is 13.8 Å². The third kappa shape index (κ3) is 5.41. The summed E-state index contributed by atoms with van der Waals surface area (Å²) in [5, 5.41) is 6.55. The molecule has 4 N–H and O–H groups in total. The molecule has 0 saturated heterocycles. The number of rotatable bonds is 5. The third-order valence-corrected chi connectivity index (χ3v) is 3.21. The molecular weight excluding hydrogens is 333 g/mol. The van der Waals surface area contributed by atoms with Crippen LogP contribution in [0.2, 0.25) is 0 Å². The lowest BCUT2D eigenvalue weighted by Gasteiger charge is -2.02. The highest BCUT2D eigenvalue weighted by Gasteiger charge is 2.05. The summed E-state index contributed by atoms with van der Waals surface area (Å²) in [5.41, 5.74) is 8.04. The van der Waals surface area contributed by atoms with Gasteiger partial charge in [-0.2, -0.15) is 0 Å². The van der Waals surface area contributed by atoms with Gasteiger partial charge in [0.25, 0.3) is 0 Å². The molecule has 0 spiro atoms. The van der Waals surface area contributed by atoms with Crippen molar-refractivity contribution in [3.05, 3.63) is 42.6 Å². The monoisotopic (exact) mass is 357 g/mol. The average molecular weight is 357 g/mol. The van der Waals surface area contributed by atoms with Crippen molar-refractivity contribution < 1.29 is 9.13 Å². The first-order chi connectivity index (χ1) is 12.8. The highest BCUT2D eigenvalue weighted by atomic mass is 19.1. The van der Waals surface area contributed by atoms with Crippen molar-refractivity contribution in [3.63, 3.8) is 0 Å². The number of nitrogens with two attached hydrogens (primary N) is 1. The molecule has 0 unspecified atom stereocenters. The minimum Gasteiger partial charge on any atom is -0.491 e. The minimum absolute atomic E-state index is 0.0616. The number of benzene rings is 1. The Morgan fingerprint density at radius 2 is 2.04 bits per heavy atom. The zero-order valence-corrected chi connectivity index (χ0v) is 15.0. The number of hydrogen-bond acceptors (Lipinski definition) is 4. The van der Waals surface area contributed by atoms with Crippen molar-refractivity contribution in [1.29, 1.82) is 5.41 Å². The van der Waals surface area contributed by atoms with Gasteiger partial charge in [0.05, 0.1) is 6.34 Å². The molecule has 0 aliphatic rings. The zero-order chi connectivity index (χ0) is 19.4. The van der Waals surface area contributed by atoms with Crippen LogP contribution < -0.4 is 10.5 Å². The van der Waals surface area contributed by atoms with Crippen molar-refractivity contribution in [1.82, 2.24) is 9.97 Å². The van der Waals surface area contributed by atoms with Gasteiger partial charge >= 0.3 is 0 Å². The number of aliphatic imine (C=N–C) groups is 1. The molecule has 0 fully saturated rings. The maximum absolute atomic E-state index is 12.1. The fourth-order valence-corrected chi connectivity index (χ4v) is 2.21. The van der Waals surface area contributed by atoms with E-state index in [1.165, 1.54) is 6.34 Å². The fraction of sp³-hybridized carbons (Fsp3) is 0.211. The Morgan fingerprint density at radius 1 is 1.27 bits per heavy atom. The highest BCUT2D eigenvalue weighted by molar-refractivity contribution is 5.86. The highest BCUT2D eigenvalue weighted by Crippen LogP contribution is 2.27. The summed E-state index contributed by atoms with van der Waals surface area (Å²) in [6.45, 7) is 6.06. The third-order valence-electron chi connectivity index (χ3n) is 3.21. The van der Waals surface area contributed by atoms with Crippen LogP contribution in [0.3, 0.4) is 0 Å². The van der Waals surface area contributed by atoms with E-state index in [4.69, 9.17) is 15.9 Å². The minimum atomic E-state index is -0.503. The smallest absolute Gasteiger partial charge is 0.153 e. The molecule has 0 saturated carbocycles. The summed E-state index contributed by atoms with van der Waals surface area (Å²) in [5.74, 6) is 1.20. The summed E-state index contributed by atoms with van der Waals surface area (Å²) < 4.78 is 17.4. The molecule has 138 valence electrons. The second-order valence-electron chi connectivity index (χ2n) is 4.65. The standard InChI is InChI=1S/C16H15FN4O.C2H6.CH3N/c17-5-6-22-13-3-1-11-7-14(21-15(11)8-13)12-2-4-16(19-9-12)20-10-18;2*1-2/h1-4,7-10,21H,5-6H2,(H2,18,19,20);1-2H3;2H,1H2. The van der Waals surface area contributed by atoms with E-state index in [2.05, 4.69) is 21.7 Å². The largest absolute Gasteiger partial charge is 0.491 e. The SMILES string of the molecule is C=N.CC.NC=Nc1ccc(-c2cc3ccc(OCCF)cc3[nH]2)cn1. The lowest BCUT2D eigenvalue weighted by molar-refractivity contribution is 0.273. The van der Waals surface area contributed by atoms with E-state index < -0.39 is 6.67 Å². The quantitative estimate of drug-likeness (QED) is 0.463. The van der Waals surface area contributed by atoms with E-state index in [1.54, 1.807) is 12.3 Å². The Bertz CT molecular complexity index is 814. The molecule has 0 amide bonds. The van der Waals surface area contributed by atoms with Gasteiger partial charge in [-0.3, -0.25) is 0 Å². The van der Waals surface area contributed by atoms with Crippen LogP contribution >= 0.6 is 0 Å². The summed E-state index contributed by atoms with van der Waals surface area (Å²) in [4.78, 5) is 11.4. The maximum atomic E-state index is 12.1. The Hall–Kier alpha value is -3.22. The molecule has 0 radical (unpaired) electrons. The molecular formula is C19H24FN5O. The normalized spacial score (nSPS) is 9.96. The second-order valence-corrected chi connectivity index (χ2v) is 4.65. The molecule has 0 bridgehead atoms. The topological polar surface area (TPSA) is 100 Å². The van der Waals surface area contributed by atoms with E-state index in [1.807, 2.05) is 44.2 Å². The molecule has 26 heavy (non-hydrogen) atoms. The predicted molar refractivity (Wildman–Crippen MR) is 107 cm³/mol. The average Bonchev–Trinajstić information content (AvgIpc) is 3.13. The van der Waals surface area contributed by atoms with Crippen molar-refractivity contribution in [2.45, 2.75) is 13.8 Å². The number of fused-ring (bicyclic) bond motifs is 1. The molecule has 6 nitrogen and oxygen atoms in total. The van der Waals surface area contributed by atoms with Crippen LogP contribution in [-0.2, 0) is 0 Å². The summed E-state index contributed by atoms with van der Waals surface area (Å²) in [6.07, 6.45) is 2.94. The van der Waals surface area contributed by atoms with Gasteiger partial charge < -0.3 is 20.9 Å². The van der Waals surface area contributed by atoms with Crippen LogP contribution in [0.5, 0.6) is 5.75 Å². The van der Waals surface area contributed by atoms with E-state index in [0.717, 1.165) is 22.2 Å². The van der Waals surface area contributed by atoms with Gasteiger partial charge in [0, 0.05) is 34.4 Å². The summed E-state index contributed by atoms with van der Waals surface area (Å²) in [7, 11) is 0. The number of halogens is 1. The number of nitrogens with zero attached hydrogens (tertiary/aromatic N) is 2. The van der Waals surface area contributed by atoms with Gasteiger partial charge in [0.2, 0.25) is 0 Å². The second kappa shape index (κ2) is 11.4. The number of nitrogens with one attached hydrogen (secondary N) is 2. The molecule has 2 aromatic heterocycles. The van der Waals surface area contributed by atoms with Gasteiger partial charge in [-0.25, -0.2) is 14.4 Å². The number of H-pyrrole nitrogens is 1. The van der Waals surface area contributed by atoms with Crippen LogP contribution in [0.15, 0.2) is 47.6 Å². The lowest BCUT2D eigenvalue weighted by Crippen LogP contribution is -1.98. The number of alkyl halides is 1. The number of aromatic amines is 1. The van der Waals surface area contributed by atoms with Gasteiger partial charge in [-0.05, 0) is 37.0 Å². The molecule has 3 rings (SSSR count). The number of ether oxygens (including phenoxy) is 1. The number of hydrogen-bond donors (Lipinski definition) is 3. The van der Waals surface area contributed by atoms with Crippen molar-refractivity contribution in [2.75, 3.05) is 13.3 Å². The number of pyridine rings is 1. The molecule has 7 heteroatoms. The van der Waals surface area contributed by atoms with E-state index in [-0.39, 0.29) is 6.61 Å². The molecule has 1 aromatic carbocycles. The lowest BCUT2D eigenvalue weighted by atomic mass is 10.2. The van der Waals surface area contributed by atoms with Crippen molar-refractivity contribution in [2.24, 2.45) is 10.7 Å². The van der Waals surface area contributed by atoms with Crippen molar-refractivity contribution in [3.8, 4) is 17.0 Å². The molecule has 0 aliphatic heterocycles. The zero-order valence-electron chi connectivity index (χ0n) is 15.0. The molecule has 0 atom stereocenters. The van der Waals surface area contributed by atoms with Gasteiger partial charge in [0.1, 0.15) is 19.0 Å². The first kappa shape index (κ1) is 20.8. The fourth-order valence-electron chi connectivity index (χ4n) is 2.21. The van der Waals surface area contributed by atoms with Crippen LogP contribution in [-0.4, -0.2) is 36.3 Å². The predicted octanol–water partition coefficient (Wildman–Crippen LogP) is 4.49. The van der Waals surface area contributed by atoms with Crippen molar-refractivity contribution >= 4 is 29.8 Å². The first-order valence-electron chi connectivity index (χ1n) is 8.18. The number of aromatic nitrogens is 2. The Labute approximate surface area is 152 Å². The first-order valence-corrected chi connectivity index (χ1v) is 8.18.